The van der Waals surface area contributed by atoms with Crippen LogP contribution in [-0.2, 0) is 16.1 Å². The number of carbonyl (C=O) groups is 2. The van der Waals surface area contributed by atoms with Gasteiger partial charge in [-0.25, -0.2) is 4.79 Å². The number of esters is 1. The third kappa shape index (κ3) is 5.42. The highest BCUT2D eigenvalue weighted by Crippen LogP contribution is 2.36. The molecule has 1 N–H and O–H groups in total. The summed E-state index contributed by atoms with van der Waals surface area (Å²) < 4.78 is 10.2. The van der Waals surface area contributed by atoms with Crippen molar-refractivity contribution < 1.29 is 24.2 Å². The Bertz CT molecular complexity index is 1120. The van der Waals surface area contributed by atoms with Gasteiger partial charge in [0.2, 0.25) is 0 Å². The van der Waals surface area contributed by atoms with Crippen molar-refractivity contribution in [3.63, 3.8) is 0 Å². The summed E-state index contributed by atoms with van der Waals surface area (Å²) in [5.74, 6) is -0.762. The first kappa shape index (κ1) is 21.4. The van der Waals surface area contributed by atoms with E-state index in [0.717, 1.165) is 11.6 Å². The van der Waals surface area contributed by atoms with Crippen LogP contribution in [0.2, 0.25) is 0 Å². The van der Waals surface area contributed by atoms with Gasteiger partial charge in [-0.15, -0.1) is 5.11 Å². The molecule has 0 amide bonds. The first-order valence-electron chi connectivity index (χ1n) is 9.32. The molecule has 0 saturated heterocycles. The lowest BCUT2D eigenvalue weighted by Gasteiger charge is -2.09. The maximum atomic E-state index is 12.7. The predicted octanol–water partition coefficient (Wildman–Crippen LogP) is 5.28. The van der Waals surface area contributed by atoms with Crippen LogP contribution in [0.1, 0.15) is 21.5 Å². The van der Waals surface area contributed by atoms with Crippen LogP contribution in [0.15, 0.2) is 89.6 Å². The van der Waals surface area contributed by atoms with E-state index in [9.17, 15) is 14.7 Å². The molecule has 31 heavy (non-hydrogen) atoms. The molecule has 0 atom stereocenters. The molecule has 156 valence electrons. The fourth-order valence-corrected chi connectivity index (χ4v) is 2.71. The summed E-state index contributed by atoms with van der Waals surface area (Å²) >= 11 is 0. The van der Waals surface area contributed by atoms with Gasteiger partial charge in [0.25, 0.3) is 0 Å². The smallest absolute Gasteiger partial charge is 0.330 e. The average molecular weight is 416 g/mol. The van der Waals surface area contributed by atoms with Crippen molar-refractivity contribution in [1.82, 2.24) is 0 Å². The predicted molar refractivity (Wildman–Crippen MR) is 115 cm³/mol. The lowest BCUT2D eigenvalue weighted by atomic mass is 10.0. The molecule has 0 spiro atoms. The number of hydrogen-bond donors (Lipinski definition) is 1. The second kappa shape index (κ2) is 9.98. The van der Waals surface area contributed by atoms with Gasteiger partial charge in [0.15, 0.2) is 5.78 Å². The molecule has 3 rings (SSSR count). The minimum Gasteiger partial charge on any atom is -0.507 e. The summed E-state index contributed by atoms with van der Waals surface area (Å²) in [5, 5.41) is 18.6. The van der Waals surface area contributed by atoms with E-state index in [2.05, 4.69) is 16.8 Å². The number of phenols is 1. The molecule has 0 aromatic heterocycles. The fourth-order valence-electron chi connectivity index (χ4n) is 2.71. The molecule has 3 aromatic carbocycles. The van der Waals surface area contributed by atoms with Gasteiger partial charge in [0.1, 0.15) is 23.8 Å². The quantitative estimate of drug-likeness (QED) is 0.233. The Morgan fingerprint density at radius 2 is 1.74 bits per heavy atom. The Hall–Kier alpha value is -4.26. The zero-order valence-electron chi connectivity index (χ0n) is 16.8. The zero-order valence-corrected chi connectivity index (χ0v) is 16.8. The molecule has 0 fully saturated rings. The second-order valence-corrected chi connectivity index (χ2v) is 6.41. The highest BCUT2D eigenvalue weighted by Gasteiger charge is 2.17. The number of benzene rings is 3. The van der Waals surface area contributed by atoms with Crippen LogP contribution in [0.4, 0.5) is 11.4 Å². The Balaban J connectivity index is 1.83. The first-order chi connectivity index (χ1) is 15.0. The number of ether oxygens (including phenoxy) is 2. The van der Waals surface area contributed by atoms with Gasteiger partial charge in [-0.1, -0.05) is 49.0 Å². The van der Waals surface area contributed by atoms with E-state index in [1.165, 1.54) is 19.2 Å². The number of methoxy groups -OCH3 is 1. The van der Waals surface area contributed by atoms with Crippen LogP contribution in [-0.4, -0.2) is 24.0 Å². The third-order valence-electron chi connectivity index (χ3n) is 4.34. The highest BCUT2D eigenvalue weighted by atomic mass is 16.5. The van der Waals surface area contributed by atoms with Crippen molar-refractivity contribution in [3.8, 4) is 11.5 Å². The van der Waals surface area contributed by atoms with E-state index in [-0.39, 0.29) is 29.5 Å². The Kier molecular flexibility index (Phi) is 6.90. The number of rotatable bonds is 8. The minimum absolute atomic E-state index is 0.0975. The Labute approximate surface area is 179 Å². The van der Waals surface area contributed by atoms with E-state index in [1.54, 1.807) is 54.6 Å². The summed E-state index contributed by atoms with van der Waals surface area (Å²) in [6.45, 7) is 3.47. The third-order valence-corrected chi connectivity index (χ3v) is 4.34. The molecular formula is C24H20N2O5. The molecule has 0 aliphatic rings. The molecule has 7 nitrogen and oxygen atoms in total. The number of nitrogens with zero attached hydrogens (tertiary/aromatic N) is 2. The molecule has 7 heteroatoms. The fraction of sp³-hybridized carbons (Fsp3) is 0.0833. The van der Waals surface area contributed by atoms with Gasteiger partial charge in [-0.3, -0.25) is 4.79 Å². The largest absolute Gasteiger partial charge is 0.507 e. The van der Waals surface area contributed by atoms with Crippen LogP contribution in [0.25, 0.3) is 0 Å². The van der Waals surface area contributed by atoms with Crippen LogP contribution >= 0.6 is 0 Å². The Morgan fingerprint density at radius 1 is 1.03 bits per heavy atom. The van der Waals surface area contributed by atoms with Gasteiger partial charge in [-0.2, -0.15) is 5.11 Å². The van der Waals surface area contributed by atoms with Crippen LogP contribution < -0.4 is 4.74 Å². The number of hydrogen-bond acceptors (Lipinski definition) is 7. The van der Waals surface area contributed by atoms with E-state index in [0.29, 0.717) is 16.9 Å². The van der Waals surface area contributed by atoms with Gasteiger partial charge in [-0.05, 0) is 23.8 Å². The molecule has 0 aliphatic heterocycles. The minimum atomic E-state index is -0.496. The van der Waals surface area contributed by atoms with Crippen LogP contribution in [0.3, 0.4) is 0 Å². The van der Waals surface area contributed by atoms with Crippen LogP contribution in [0, 0.1) is 0 Å². The van der Waals surface area contributed by atoms with Crippen molar-refractivity contribution in [2.75, 3.05) is 7.11 Å². The lowest BCUT2D eigenvalue weighted by Crippen LogP contribution is -2.01. The van der Waals surface area contributed by atoms with Crippen molar-refractivity contribution in [3.05, 3.63) is 96.1 Å². The molecule has 0 saturated carbocycles. The molecular weight excluding hydrogens is 396 g/mol. The number of carbonyl (C=O) groups excluding carboxylic acids is 2. The van der Waals surface area contributed by atoms with Crippen molar-refractivity contribution in [2.24, 2.45) is 10.2 Å². The number of azo groups is 1. The molecule has 0 heterocycles. The number of ketones is 1. The average Bonchev–Trinajstić information content (AvgIpc) is 2.82. The van der Waals surface area contributed by atoms with E-state index >= 15 is 0 Å². The van der Waals surface area contributed by atoms with Gasteiger partial charge in [0, 0.05) is 17.7 Å². The topological polar surface area (TPSA) is 97.6 Å². The molecule has 0 radical (unpaired) electrons. The van der Waals surface area contributed by atoms with Crippen molar-refractivity contribution in [1.29, 1.82) is 0 Å². The molecule has 3 aromatic rings. The SMILES string of the molecule is C=CC(=O)OCc1ccc(N=Nc2cc(C(=O)c3ccccc3)c(O)cc2OC)cc1. The summed E-state index contributed by atoms with van der Waals surface area (Å²) in [6, 6.07) is 18.3. The van der Waals surface area contributed by atoms with E-state index in [1.807, 2.05) is 0 Å². The molecule has 0 unspecified atom stereocenters. The number of aromatic hydroxyl groups is 1. The first-order valence-corrected chi connectivity index (χ1v) is 9.32. The van der Waals surface area contributed by atoms with Crippen LogP contribution in [0.5, 0.6) is 11.5 Å². The summed E-state index contributed by atoms with van der Waals surface area (Å²) in [4.78, 5) is 23.9. The lowest BCUT2D eigenvalue weighted by molar-refractivity contribution is -0.138. The number of phenolic OH excluding ortho intramolecular Hbond substituents is 1. The molecule has 0 aliphatic carbocycles. The van der Waals surface area contributed by atoms with Gasteiger partial charge < -0.3 is 14.6 Å². The second-order valence-electron chi connectivity index (χ2n) is 6.41. The van der Waals surface area contributed by atoms with E-state index < -0.39 is 5.97 Å². The summed E-state index contributed by atoms with van der Waals surface area (Å²) in [6.07, 6.45) is 1.10. The standard InChI is InChI=1S/C24H20N2O5/c1-3-23(28)31-15-16-9-11-18(12-10-16)25-26-20-13-19(21(27)14-22(20)30-2)24(29)17-7-5-4-6-8-17/h3-14,27H,1,15H2,2H3. The molecule has 0 bridgehead atoms. The maximum Gasteiger partial charge on any atom is 0.330 e. The monoisotopic (exact) mass is 416 g/mol. The maximum absolute atomic E-state index is 12.7. The van der Waals surface area contributed by atoms with Gasteiger partial charge in [0.05, 0.1) is 18.4 Å². The zero-order chi connectivity index (χ0) is 22.2. The van der Waals surface area contributed by atoms with Crippen molar-refractivity contribution >= 4 is 23.1 Å². The Morgan fingerprint density at radius 3 is 2.39 bits per heavy atom. The van der Waals surface area contributed by atoms with Crippen molar-refractivity contribution in [2.45, 2.75) is 6.61 Å². The normalized spacial score (nSPS) is 10.6. The van der Waals surface area contributed by atoms with Gasteiger partial charge >= 0.3 is 5.97 Å². The summed E-state index contributed by atoms with van der Waals surface area (Å²) in [5.41, 5.74) is 2.17. The summed E-state index contributed by atoms with van der Waals surface area (Å²) in [7, 11) is 1.44. The van der Waals surface area contributed by atoms with E-state index in [4.69, 9.17) is 9.47 Å². The highest BCUT2D eigenvalue weighted by molar-refractivity contribution is 6.11.